The molecule has 3 nitrogen and oxygen atoms in total. The number of halogens is 1. The number of hydrogen-bond donors (Lipinski definition) is 1. The van der Waals surface area contributed by atoms with Crippen LogP contribution in [0.1, 0.15) is 51.5 Å². The van der Waals surface area contributed by atoms with Crippen LogP contribution in [0, 0.1) is 0 Å². The fraction of sp³-hybridized carbons (Fsp3) is 0.647. The summed E-state index contributed by atoms with van der Waals surface area (Å²) in [6, 6.07) is 4.67. The Kier molecular flexibility index (Phi) is 6.37. The zero-order valence-corrected chi connectivity index (χ0v) is 14.7. The van der Waals surface area contributed by atoms with Gasteiger partial charge < -0.3 is 9.84 Å². The molecule has 1 saturated carbocycles. The lowest BCUT2D eigenvalue weighted by Crippen LogP contribution is -2.36. The number of ether oxygens (including phenoxy) is 1. The van der Waals surface area contributed by atoms with Gasteiger partial charge in [-0.25, -0.2) is 0 Å². The van der Waals surface area contributed by atoms with Gasteiger partial charge in [0.1, 0.15) is 0 Å². The number of hydrogen-bond acceptors (Lipinski definition) is 3. The van der Waals surface area contributed by atoms with Crippen LogP contribution in [0.2, 0.25) is 0 Å². The van der Waals surface area contributed by atoms with Crippen molar-refractivity contribution in [1.82, 2.24) is 4.90 Å². The summed E-state index contributed by atoms with van der Waals surface area (Å²) in [5.41, 5.74) is 1.19. The molecule has 1 aliphatic carbocycles. The smallest absolute Gasteiger partial charge is 0.172 e. The van der Waals surface area contributed by atoms with Crippen LogP contribution < -0.4 is 4.74 Å². The number of aromatic hydroxyl groups is 1. The second-order valence-electron chi connectivity index (χ2n) is 5.71. The molecule has 0 aromatic heterocycles. The summed E-state index contributed by atoms with van der Waals surface area (Å²) >= 11 is 3.43. The number of benzene rings is 1. The molecule has 1 aromatic rings. The molecule has 1 fully saturated rings. The first-order valence-corrected chi connectivity index (χ1v) is 8.83. The highest BCUT2D eigenvalue weighted by Crippen LogP contribution is 2.36. The summed E-state index contributed by atoms with van der Waals surface area (Å²) in [6.07, 6.45) is 6.71. The minimum absolute atomic E-state index is 0.196. The van der Waals surface area contributed by atoms with Crippen LogP contribution in [0.3, 0.4) is 0 Å². The second-order valence-corrected chi connectivity index (χ2v) is 6.57. The first-order valence-electron chi connectivity index (χ1n) is 8.04. The highest BCUT2D eigenvalue weighted by atomic mass is 79.9. The van der Waals surface area contributed by atoms with Crippen LogP contribution in [0.4, 0.5) is 0 Å². The number of phenolic OH excluding ortho intramolecular Hbond substituents is 1. The molecule has 0 atom stereocenters. The van der Waals surface area contributed by atoms with Crippen molar-refractivity contribution < 1.29 is 9.84 Å². The predicted octanol–water partition coefficient (Wildman–Crippen LogP) is 4.71. The monoisotopic (exact) mass is 355 g/mol. The molecule has 118 valence electrons. The molecule has 1 aromatic carbocycles. The van der Waals surface area contributed by atoms with Gasteiger partial charge in [0.2, 0.25) is 0 Å². The van der Waals surface area contributed by atoms with Crippen molar-refractivity contribution in [3.63, 3.8) is 0 Å². The average molecular weight is 356 g/mol. The van der Waals surface area contributed by atoms with E-state index in [1.807, 2.05) is 19.1 Å². The van der Waals surface area contributed by atoms with Gasteiger partial charge in [0, 0.05) is 12.6 Å². The van der Waals surface area contributed by atoms with Crippen molar-refractivity contribution in [3.05, 3.63) is 22.2 Å². The van der Waals surface area contributed by atoms with Gasteiger partial charge in [-0.05, 0) is 59.9 Å². The molecule has 1 N–H and O–H groups in total. The minimum atomic E-state index is 0.196. The first kappa shape index (κ1) is 16.6. The Morgan fingerprint density at radius 3 is 2.57 bits per heavy atom. The Labute approximate surface area is 136 Å². The lowest BCUT2D eigenvalue weighted by Gasteiger charge is -2.33. The van der Waals surface area contributed by atoms with E-state index < -0.39 is 0 Å². The first-order chi connectivity index (χ1) is 10.2. The molecule has 0 radical (unpaired) electrons. The van der Waals surface area contributed by atoms with E-state index in [9.17, 15) is 5.11 Å². The van der Waals surface area contributed by atoms with E-state index in [0.29, 0.717) is 22.9 Å². The van der Waals surface area contributed by atoms with Gasteiger partial charge >= 0.3 is 0 Å². The Morgan fingerprint density at radius 2 is 1.95 bits per heavy atom. The van der Waals surface area contributed by atoms with E-state index in [2.05, 4.69) is 27.8 Å². The molecular weight excluding hydrogens is 330 g/mol. The van der Waals surface area contributed by atoms with Crippen LogP contribution in [-0.4, -0.2) is 29.2 Å². The van der Waals surface area contributed by atoms with Crippen molar-refractivity contribution >= 4 is 15.9 Å². The molecular formula is C17H26BrNO2. The highest BCUT2D eigenvalue weighted by molar-refractivity contribution is 9.10. The number of phenols is 1. The Balaban J connectivity index is 2.12. The highest BCUT2D eigenvalue weighted by Gasteiger charge is 2.20. The quantitative estimate of drug-likeness (QED) is 0.801. The summed E-state index contributed by atoms with van der Waals surface area (Å²) in [6.45, 7) is 6.70. The van der Waals surface area contributed by atoms with E-state index in [1.165, 1.54) is 37.7 Å². The molecule has 0 spiro atoms. The zero-order chi connectivity index (χ0) is 15.2. The minimum Gasteiger partial charge on any atom is -0.503 e. The second kappa shape index (κ2) is 8.04. The third kappa shape index (κ3) is 4.36. The van der Waals surface area contributed by atoms with Crippen molar-refractivity contribution in [2.24, 2.45) is 0 Å². The largest absolute Gasteiger partial charge is 0.503 e. The van der Waals surface area contributed by atoms with E-state index in [1.54, 1.807) is 0 Å². The third-order valence-corrected chi connectivity index (χ3v) is 4.88. The predicted molar refractivity (Wildman–Crippen MR) is 89.9 cm³/mol. The van der Waals surface area contributed by atoms with Gasteiger partial charge in [-0.2, -0.15) is 0 Å². The molecule has 0 heterocycles. The van der Waals surface area contributed by atoms with E-state index in [-0.39, 0.29) is 5.75 Å². The average Bonchev–Trinajstić information content (AvgIpc) is 2.50. The summed E-state index contributed by atoms with van der Waals surface area (Å²) in [7, 11) is 0. The van der Waals surface area contributed by atoms with E-state index in [4.69, 9.17) is 4.74 Å². The van der Waals surface area contributed by atoms with Gasteiger partial charge in [-0.1, -0.05) is 26.2 Å². The maximum atomic E-state index is 10.0. The normalized spacial score (nSPS) is 16.4. The van der Waals surface area contributed by atoms with Gasteiger partial charge in [0.05, 0.1) is 11.1 Å². The zero-order valence-electron chi connectivity index (χ0n) is 13.1. The van der Waals surface area contributed by atoms with Crippen molar-refractivity contribution in [1.29, 1.82) is 0 Å². The van der Waals surface area contributed by atoms with E-state index >= 15 is 0 Å². The van der Waals surface area contributed by atoms with Crippen molar-refractivity contribution in [3.8, 4) is 11.5 Å². The maximum absolute atomic E-state index is 10.0. The lowest BCUT2D eigenvalue weighted by atomic mass is 9.94. The van der Waals surface area contributed by atoms with Gasteiger partial charge in [0.15, 0.2) is 11.5 Å². The Bertz CT molecular complexity index is 458. The van der Waals surface area contributed by atoms with Crippen LogP contribution in [0.5, 0.6) is 11.5 Å². The molecule has 4 heteroatoms. The van der Waals surface area contributed by atoms with Gasteiger partial charge in [-0.3, -0.25) is 4.90 Å². The lowest BCUT2D eigenvalue weighted by molar-refractivity contribution is 0.155. The fourth-order valence-electron chi connectivity index (χ4n) is 3.16. The fourth-order valence-corrected chi connectivity index (χ4v) is 3.65. The van der Waals surface area contributed by atoms with Crippen LogP contribution >= 0.6 is 15.9 Å². The summed E-state index contributed by atoms with van der Waals surface area (Å²) in [5, 5.41) is 10.0. The molecule has 21 heavy (non-hydrogen) atoms. The van der Waals surface area contributed by atoms with Crippen LogP contribution in [0.15, 0.2) is 16.6 Å². The summed E-state index contributed by atoms with van der Waals surface area (Å²) in [5.74, 6) is 0.767. The summed E-state index contributed by atoms with van der Waals surface area (Å²) in [4.78, 5) is 2.55. The molecule has 0 bridgehead atoms. The van der Waals surface area contributed by atoms with Gasteiger partial charge in [0.25, 0.3) is 0 Å². The van der Waals surface area contributed by atoms with Crippen molar-refractivity contribution in [2.75, 3.05) is 13.2 Å². The molecule has 0 saturated heterocycles. The SMILES string of the molecule is CCOc1cc(CN(CC)C2CCCCC2)cc(Br)c1O. The molecule has 0 aliphatic heterocycles. The standard InChI is InChI=1S/C17H26BrNO2/c1-3-19(14-8-6-5-7-9-14)12-13-10-15(18)17(20)16(11-13)21-4-2/h10-11,14,20H,3-9,12H2,1-2H3. The Hall–Kier alpha value is -0.740. The third-order valence-electron chi connectivity index (χ3n) is 4.27. The molecule has 0 amide bonds. The maximum Gasteiger partial charge on any atom is 0.172 e. The van der Waals surface area contributed by atoms with Gasteiger partial charge in [-0.15, -0.1) is 0 Å². The Morgan fingerprint density at radius 1 is 1.24 bits per heavy atom. The van der Waals surface area contributed by atoms with Crippen LogP contribution in [0.25, 0.3) is 0 Å². The number of nitrogens with zero attached hydrogens (tertiary/aromatic N) is 1. The van der Waals surface area contributed by atoms with E-state index in [0.717, 1.165) is 13.1 Å². The molecule has 2 rings (SSSR count). The number of rotatable bonds is 6. The molecule has 1 aliphatic rings. The van der Waals surface area contributed by atoms with Crippen LogP contribution in [-0.2, 0) is 6.54 Å². The molecule has 0 unspecified atom stereocenters. The summed E-state index contributed by atoms with van der Waals surface area (Å²) < 4.78 is 6.23. The topological polar surface area (TPSA) is 32.7 Å². The van der Waals surface area contributed by atoms with Crippen molar-refractivity contribution in [2.45, 2.75) is 58.5 Å².